The normalized spacial score (nSPS) is 12.1. The molecular formula is C14H11BrFNO2. The molecule has 2 aromatic rings. The van der Waals surface area contributed by atoms with Crippen molar-refractivity contribution in [2.75, 3.05) is 0 Å². The third kappa shape index (κ3) is 3.61. The fourth-order valence-corrected chi connectivity index (χ4v) is 2.26. The maximum Gasteiger partial charge on any atom is 0.311 e. The summed E-state index contributed by atoms with van der Waals surface area (Å²) in [6.07, 6.45) is 3.58. The molecule has 0 aliphatic heterocycles. The van der Waals surface area contributed by atoms with Crippen LogP contribution >= 0.6 is 15.9 Å². The van der Waals surface area contributed by atoms with Gasteiger partial charge in [-0.2, -0.15) is 0 Å². The summed E-state index contributed by atoms with van der Waals surface area (Å²) in [5.41, 5.74) is 1.39. The summed E-state index contributed by atoms with van der Waals surface area (Å²) in [6.45, 7) is 0. The molecule has 98 valence electrons. The molecule has 0 aliphatic carbocycles. The molecule has 5 heteroatoms. The first-order chi connectivity index (χ1) is 9.06. The second kappa shape index (κ2) is 5.93. The van der Waals surface area contributed by atoms with Crippen LogP contribution in [-0.4, -0.2) is 16.1 Å². The van der Waals surface area contributed by atoms with Crippen LogP contribution in [0.3, 0.4) is 0 Å². The molecule has 0 amide bonds. The highest BCUT2D eigenvalue weighted by molar-refractivity contribution is 9.10. The van der Waals surface area contributed by atoms with Crippen LogP contribution < -0.4 is 0 Å². The van der Waals surface area contributed by atoms with E-state index in [0.717, 1.165) is 10.0 Å². The number of carbonyl (C=O) groups is 1. The molecule has 1 atom stereocenters. The van der Waals surface area contributed by atoms with Gasteiger partial charge in [-0.3, -0.25) is 9.78 Å². The SMILES string of the molecule is O=C(O)C(Cc1cncc(Br)c1)c1ccc(F)cc1. The van der Waals surface area contributed by atoms with E-state index >= 15 is 0 Å². The van der Waals surface area contributed by atoms with Crippen molar-refractivity contribution >= 4 is 21.9 Å². The summed E-state index contributed by atoms with van der Waals surface area (Å²) in [4.78, 5) is 15.4. The van der Waals surface area contributed by atoms with Gasteiger partial charge in [-0.1, -0.05) is 12.1 Å². The Bertz CT molecular complexity index is 586. The lowest BCUT2D eigenvalue weighted by atomic mass is 9.93. The molecule has 3 nitrogen and oxygen atoms in total. The Morgan fingerprint density at radius 2 is 2.00 bits per heavy atom. The van der Waals surface area contributed by atoms with Crippen LogP contribution in [0.1, 0.15) is 17.0 Å². The maximum absolute atomic E-state index is 12.9. The molecule has 0 bridgehead atoms. The van der Waals surface area contributed by atoms with Crippen LogP contribution in [0, 0.1) is 5.82 Å². The van der Waals surface area contributed by atoms with Gasteiger partial charge in [-0.15, -0.1) is 0 Å². The van der Waals surface area contributed by atoms with Crippen LogP contribution in [0.2, 0.25) is 0 Å². The molecule has 2 rings (SSSR count). The van der Waals surface area contributed by atoms with Gasteiger partial charge in [0.05, 0.1) is 5.92 Å². The zero-order valence-corrected chi connectivity index (χ0v) is 11.5. The third-order valence-corrected chi connectivity index (χ3v) is 3.21. The lowest BCUT2D eigenvalue weighted by Crippen LogP contribution is -2.14. The van der Waals surface area contributed by atoms with E-state index in [1.807, 2.05) is 6.07 Å². The van der Waals surface area contributed by atoms with Crippen LogP contribution in [0.25, 0.3) is 0 Å². The van der Waals surface area contributed by atoms with Crippen molar-refractivity contribution < 1.29 is 14.3 Å². The number of benzene rings is 1. The number of rotatable bonds is 4. The molecule has 0 radical (unpaired) electrons. The number of pyridine rings is 1. The van der Waals surface area contributed by atoms with Crippen LogP contribution in [-0.2, 0) is 11.2 Å². The molecule has 0 saturated heterocycles. The van der Waals surface area contributed by atoms with Gasteiger partial charge in [-0.25, -0.2) is 4.39 Å². The summed E-state index contributed by atoms with van der Waals surface area (Å²) in [6, 6.07) is 7.36. The highest BCUT2D eigenvalue weighted by Gasteiger charge is 2.20. The van der Waals surface area contributed by atoms with E-state index in [0.29, 0.717) is 12.0 Å². The minimum Gasteiger partial charge on any atom is -0.481 e. The molecule has 1 heterocycles. The minimum absolute atomic E-state index is 0.313. The van der Waals surface area contributed by atoms with Gasteiger partial charge in [0.1, 0.15) is 5.82 Å². The first kappa shape index (κ1) is 13.7. The largest absolute Gasteiger partial charge is 0.481 e. The summed E-state index contributed by atoms with van der Waals surface area (Å²) in [5, 5.41) is 9.30. The average molecular weight is 324 g/mol. The monoisotopic (exact) mass is 323 g/mol. The average Bonchev–Trinajstić information content (AvgIpc) is 2.37. The highest BCUT2D eigenvalue weighted by atomic mass is 79.9. The first-order valence-electron chi connectivity index (χ1n) is 5.64. The Labute approximate surface area is 118 Å². The van der Waals surface area contributed by atoms with E-state index in [1.165, 1.54) is 24.3 Å². The van der Waals surface area contributed by atoms with Gasteiger partial charge in [-0.05, 0) is 51.7 Å². The standard InChI is InChI=1S/C14H11BrFNO2/c15-11-5-9(7-17-8-11)6-13(14(18)19)10-1-3-12(16)4-2-10/h1-5,7-8,13H,6H2,(H,18,19). The summed E-state index contributed by atoms with van der Waals surface area (Å²) >= 11 is 3.30. The van der Waals surface area contributed by atoms with Crippen molar-refractivity contribution in [1.82, 2.24) is 4.98 Å². The Morgan fingerprint density at radius 3 is 2.58 bits per heavy atom. The summed E-state index contributed by atoms with van der Waals surface area (Å²) < 4.78 is 13.7. The fourth-order valence-electron chi connectivity index (χ4n) is 1.85. The van der Waals surface area contributed by atoms with Crippen LogP contribution in [0.15, 0.2) is 47.2 Å². The molecule has 1 unspecified atom stereocenters. The lowest BCUT2D eigenvalue weighted by Gasteiger charge is -2.12. The van der Waals surface area contributed by atoms with Crippen molar-refractivity contribution in [3.05, 3.63) is 64.1 Å². The van der Waals surface area contributed by atoms with Crippen molar-refractivity contribution in [2.45, 2.75) is 12.3 Å². The maximum atomic E-state index is 12.9. The summed E-state index contributed by atoms with van der Waals surface area (Å²) in [7, 11) is 0. The Balaban J connectivity index is 2.26. The second-order valence-corrected chi connectivity index (χ2v) is 5.07. The molecule has 0 saturated carbocycles. The zero-order chi connectivity index (χ0) is 13.8. The van der Waals surface area contributed by atoms with Gasteiger partial charge >= 0.3 is 5.97 Å². The Morgan fingerprint density at radius 1 is 1.32 bits per heavy atom. The van der Waals surface area contributed by atoms with Crippen LogP contribution in [0.5, 0.6) is 0 Å². The molecule has 19 heavy (non-hydrogen) atoms. The van der Waals surface area contributed by atoms with E-state index in [4.69, 9.17) is 0 Å². The van der Waals surface area contributed by atoms with E-state index in [-0.39, 0.29) is 5.82 Å². The topological polar surface area (TPSA) is 50.2 Å². The molecule has 0 fully saturated rings. The van der Waals surface area contributed by atoms with Crippen molar-refractivity contribution in [3.63, 3.8) is 0 Å². The van der Waals surface area contributed by atoms with Gasteiger partial charge in [0.15, 0.2) is 0 Å². The summed E-state index contributed by atoms with van der Waals surface area (Å²) in [5.74, 6) is -2.03. The molecule has 1 aromatic carbocycles. The Hall–Kier alpha value is -1.75. The minimum atomic E-state index is -0.938. The number of carboxylic acids is 1. The highest BCUT2D eigenvalue weighted by Crippen LogP contribution is 2.22. The number of hydrogen-bond acceptors (Lipinski definition) is 2. The predicted molar refractivity (Wildman–Crippen MR) is 72.4 cm³/mol. The first-order valence-corrected chi connectivity index (χ1v) is 6.43. The van der Waals surface area contributed by atoms with Gasteiger partial charge in [0.2, 0.25) is 0 Å². The number of aliphatic carboxylic acids is 1. The number of nitrogens with zero attached hydrogens (tertiary/aromatic N) is 1. The van der Waals surface area contributed by atoms with Crippen molar-refractivity contribution in [2.24, 2.45) is 0 Å². The van der Waals surface area contributed by atoms with Crippen LogP contribution in [0.4, 0.5) is 4.39 Å². The molecule has 1 aromatic heterocycles. The van der Waals surface area contributed by atoms with Gasteiger partial charge in [0, 0.05) is 16.9 Å². The quantitative estimate of drug-likeness (QED) is 0.938. The molecule has 0 aliphatic rings. The number of hydrogen-bond donors (Lipinski definition) is 1. The molecule has 1 N–H and O–H groups in total. The smallest absolute Gasteiger partial charge is 0.311 e. The predicted octanol–water partition coefficient (Wildman–Crippen LogP) is 3.39. The lowest BCUT2D eigenvalue weighted by molar-refractivity contribution is -0.138. The Kier molecular flexibility index (Phi) is 4.27. The second-order valence-electron chi connectivity index (χ2n) is 4.16. The van der Waals surface area contributed by atoms with Gasteiger partial charge < -0.3 is 5.11 Å². The van der Waals surface area contributed by atoms with Gasteiger partial charge in [0.25, 0.3) is 0 Å². The van der Waals surface area contributed by atoms with Crippen molar-refractivity contribution in [3.8, 4) is 0 Å². The van der Waals surface area contributed by atoms with E-state index in [2.05, 4.69) is 20.9 Å². The molecular weight excluding hydrogens is 313 g/mol. The fraction of sp³-hybridized carbons (Fsp3) is 0.143. The zero-order valence-electron chi connectivity index (χ0n) is 9.88. The third-order valence-electron chi connectivity index (χ3n) is 2.77. The molecule has 0 spiro atoms. The number of aromatic nitrogens is 1. The van der Waals surface area contributed by atoms with E-state index in [1.54, 1.807) is 12.4 Å². The van der Waals surface area contributed by atoms with E-state index < -0.39 is 11.9 Å². The van der Waals surface area contributed by atoms with E-state index in [9.17, 15) is 14.3 Å². The number of halogens is 2. The number of carboxylic acid groups (broad SMARTS) is 1. The van der Waals surface area contributed by atoms with Crippen molar-refractivity contribution in [1.29, 1.82) is 0 Å².